The summed E-state index contributed by atoms with van der Waals surface area (Å²) in [6, 6.07) is 7.37. The topological polar surface area (TPSA) is 60.1 Å². The van der Waals surface area contributed by atoms with Gasteiger partial charge < -0.3 is 20.1 Å². The van der Waals surface area contributed by atoms with Gasteiger partial charge in [-0.05, 0) is 12.1 Å². The van der Waals surface area contributed by atoms with Crippen molar-refractivity contribution in [3.05, 3.63) is 29.3 Å². The number of benzene rings is 1. The second-order valence-corrected chi connectivity index (χ2v) is 4.53. The van der Waals surface area contributed by atoms with E-state index in [2.05, 4.69) is 4.99 Å². The van der Waals surface area contributed by atoms with E-state index >= 15 is 0 Å². The van der Waals surface area contributed by atoms with Crippen molar-refractivity contribution >= 4 is 41.5 Å². The van der Waals surface area contributed by atoms with Crippen LogP contribution in [-0.4, -0.2) is 50.3 Å². The second kappa shape index (κ2) is 9.25. The van der Waals surface area contributed by atoms with E-state index in [0.717, 1.165) is 13.1 Å². The van der Waals surface area contributed by atoms with Crippen LogP contribution in [0.3, 0.4) is 0 Å². The van der Waals surface area contributed by atoms with Gasteiger partial charge in [0.15, 0.2) is 5.96 Å². The number of halogens is 2. The molecule has 1 aromatic carbocycles. The fraction of sp³-hybridized carbons (Fsp3) is 0.462. The van der Waals surface area contributed by atoms with Gasteiger partial charge in [0.2, 0.25) is 0 Å². The smallest absolute Gasteiger partial charge is 0.191 e. The summed E-state index contributed by atoms with van der Waals surface area (Å²) >= 11 is 5.98. The zero-order chi connectivity index (χ0) is 13.5. The molecule has 1 aromatic rings. The molecule has 1 saturated heterocycles. The molecule has 0 aromatic heterocycles. The Hall–Kier alpha value is -0.730. The highest BCUT2D eigenvalue weighted by Crippen LogP contribution is 2.22. The van der Waals surface area contributed by atoms with Gasteiger partial charge in [-0.15, -0.1) is 24.0 Å². The quantitative estimate of drug-likeness (QED) is 0.356. The van der Waals surface area contributed by atoms with E-state index in [9.17, 15) is 0 Å². The van der Waals surface area contributed by atoms with Crippen LogP contribution >= 0.6 is 35.6 Å². The highest BCUT2D eigenvalue weighted by atomic mass is 127. The van der Waals surface area contributed by atoms with Gasteiger partial charge in [-0.25, -0.2) is 4.99 Å². The summed E-state index contributed by atoms with van der Waals surface area (Å²) in [6.45, 7) is 3.95. The van der Waals surface area contributed by atoms with Crippen LogP contribution in [0.25, 0.3) is 0 Å². The standard InChI is InChI=1S/C13H18ClN3O2.HI/c14-11-3-1-2-4-12(11)19-8-5-16-13(15)17-6-9-18-10-7-17;/h1-4H,5-10H2,(H2,15,16);1H. The van der Waals surface area contributed by atoms with Gasteiger partial charge in [0.05, 0.1) is 24.8 Å². The molecule has 2 rings (SSSR count). The average molecular weight is 412 g/mol. The van der Waals surface area contributed by atoms with Crippen LogP contribution in [0.2, 0.25) is 5.02 Å². The average Bonchev–Trinajstić information content (AvgIpc) is 2.46. The number of aliphatic imine (C=N–C) groups is 1. The minimum atomic E-state index is 0. The third-order valence-corrected chi connectivity index (χ3v) is 3.11. The highest BCUT2D eigenvalue weighted by Gasteiger charge is 2.11. The van der Waals surface area contributed by atoms with Gasteiger partial charge in [0, 0.05) is 13.1 Å². The highest BCUT2D eigenvalue weighted by molar-refractivity contribution is 14.0. The van der Waals surface area contributed by atoms with Gasteiger partial charge in [-0.2, -0.15) is 0 Å². The van der Waals surface area contributed by atoms with Crippen molar-refractivity contribution in [2.75, 3.05) is 39.5 Å². The van der Waals surface area contributed by atoms with Crippen LogP contribution in [0, 0.1) is 0 Å². The first kappa shape index (κ1) is 17.3. The molecule has 0 atom stereocenters. The third kappa shape index (κ3) is 5.34. The Morgan fingerprint density at radius 2 is 2.05 bits per heavy atom. The summed E-state index contributed by atoms with van der Waals surface area (Å²) < 4.78 is 10.8. The Morgan fingerprint density at radius 1 is 1.35 bits per heavy atom. The lowest BCUT2D eigenvalue weighted by Gasteiger charge is -2.27. The molecule has 2 N–H and O–H groups in total. The molecule has 0 radical (unpaired) electrons. The van der Waals surface area contributed by atoms with E-state index in [0.29, 0.717) is 43.1 Å². The summed E-state index contributed by atoms with van der Waals surface area (Å²) in [5.41, 5.74) is 5.90. The van der Waals surface area contributed by atoms with Crippen molar-refractivity contribution in [2.24, 2.45) is 10.7 Å². The Balaban J connectivity index is 0.00000200. The molecule has 0 saturated carbocycles. The van der Waals surface area contributed by atoms with Crippen molar-refractivity contribution in [1.29, 1.82) is 0 Å². The molecule has 1 aliphatic rings. The molecule has 1 fully saturated rings. The van der Waals surface area contributed by atoms with E-state index in [4.69, 9.17) is 26.8 Å². The van der Waals surface area contributed by atoms with Crippen LogP contribution in [-0.2, 0) is 4.74 Å². The number of guanidine groups is 1. The van der Waals surface area contributed by atoms with Crippen LogP contribution in [0.5, 0.6) is 5.75 Å². The summed E-state index contributed by atoms with van der Waals surface area (Å²) in [5.74, 6) is 1.22. The number of para-hydroxylation sites is 1. The number of ether oxygens (including phenoxy) is 2. The molecular weight excluding hydrogens is 393 g/mol. The lowest BCUT2D eigenvalue weighted by Crippen LogP contribution is -2.45. The molecule has 112 valence electrons. The van der Waals surface area contributed by atoms with E-state index < -0.39 is 0 Å². The molecule has 0 spiro atoms. The molecule has 0 amide bonds. The number of rotatable bonds is 4. The largest absolute Gasteiger partial charge is 0.490 e. The molecular formula is C13H19ClIN3O2. The van der Waals surface area contributed by atoms with E-state index in [1.807, 2.05) is 23.1 Å². The van der Waals surface area contributed by atoms with Gasteiger partial charge in [0.1, 0.15) is 12.4 Å². The number of hydrogen-bond acceptors (Lipinski definition) is 3. The molecule has 0 aliphatic carbocycles. The Labute approximate surface area is 141 Å². The molecule has 1 heterocycles. The number of nitrogens with two attached hydrogens (primary N) is 1. The fourth-order valence-corrected chi connectivity index (χ4v) is 1.96. The van der Waals surface area contributed by atoms with Crippen molar-refractivity contribution in [1.82, 2.24) is 4.90 Å². The fourth-order valence-electron chi connectivity index (χ4n) is 1.77. The lowest BCUT2D eigenvalue weighted by molar-refractivity contribution is 0.0674. The molecule has 20 heavy (non-hydrogen) atoms. The van der Waals surface area contributed by atoms with Gasteiger partial charge >= 0.3 is 0 Å². The van der Waals surface area contributed by atoms with E-state index in [-0.39, 0.29) is 24.0 Å². The number of hydrogen-bond donors (Lipinski definition) is 1. The first-order chi connectivity index (χ1) is 9.27. The minimum absolute atomic E-state index is 0. The van der Waals surface area contributed by atoms with Crippen molar-refractivity contribution < 1.29 is 9.47 Å². The Morgan fingerprint density at radius 3 is 2.75 bits per heavy atom. The van der Waals surface area contributed by atoms with Gasteiger partial charge in [-0.1, -0.05) is 23.7 Å². The van der Waals surface area contributed by atoms with E-state index in [1.165, 1.54) is 0 Å². The van der Waals surface area contributed by atoms with Gasteiger partial charge in [-0.3, -0.25) is 0 Å². The summed E-state index contributed by atoms with van der Waals surface area (Å²) in [4.78, 5) is 6.30. The predicted octanol–water partition coefficient (Wildman–Crippen LogP) is 1.98. The van der Waals surface area contributed by atoms with Gasteiger partial charge in [0.25, 0.3) is 0 Å². The molecule has 1 aliphatic heterocycles. The van der Waals surface area contributed by atoms with Crippen LogP contribution in [0.1, 0.15) is 0 Å². The van der Waals surface area contributed by atoms with Crippen LogP contribution in [0.4, 0.5) is 0 Å². The zero-order valence-electron chi connectivity index (χ0n) is 11.1. The number of morpholine rings is 1. The maximum Gasteiger partial charge on any atom is 0.191 e. The monoisotopic (exact) mass is 411 g/mol. The normalized spacial score (nSPS) is 15.7. The Bertz CT molecular complexity index is 439. The first-order valence-corrected chi connectivity index (χ1v) is 6.65. The second-order valence-electron chi connectivity index (χ2n) is 4.12. The summed E-state index contributed by atoms with van der Waals surface area (Å²) in [6.07, 6.45) is 0. The SMILES string of the molecule is I.NC(=NCCOc1ccccc1Cl)N1CCOCC1. The van der Waals surface area contributed by atoms with E-state index in [1.54, 1.807) is 6.07 Å². The first-order valence-electron chi connectivity index (χ1n) is 6.27. The van der Waals surface area contributed by atoms with Crippen LogP contribution < -0.4 is 10.5 Å². The maximum atomic E-state index is 5.98. The molecule has 0 unspecified atom stereocenters. The third-order valence-electron chi connectivity index (χ3n) is 2.79. The Kier molecular flexibility index (Phi) is 8.01. The van der Waals surface area contributed by atoms with Crippen molar-refractivity contribution in [3.63, 3.8) is 0 Å². The zero-order valence-corrected chi connectivity index (χ0v) is 14.2. The molecule has 7 heteroatoms. The lowest BCUT2D eigenvalue weighted by atomic mass is 10.3. The molecule has 0 bridgehead atoms. The summed E-state index contributed by atoms with van der Waals surface area (Å²) in [5, 5.41) is 0.604. The molecule has 5 nitrogen and oxygen atoms in total. The van der Waals surface area contributed by atoms with Crippen LogP contribution in [0.15, 0.2) is 29.3 Å². The van der Waals surface area contributed by atoms with Crippen molar-refractivity contribution in [3.8, 4) is 5.75 Å². The predicted molar refractivity (Wildman–Crippen MR) is 91.2 cm³/mol. The minimum Gasteiger partial charge on any atom is -0.490 e. The number of nitrogens with zero attached hydrogens (tertiary/aromatic N) is 2. The summed E-state index contributed by atoms with van der Waals surface area (Å²) in [7, 11) is 0. The van der Waals surface area contributed by atoms with Crippen molar-refractivity contribution in [2.45, 2.75) is 0 Å². The maximum absolute atomic E-state index is 5.98.